The molecule has 3 heterocycles. The topological polar surface area (TPSA) is 136 Å². The number of benzene rings is 1. The second kappa shape index (κ2) is 9.33. The maximum atomic E-state index is 12.8. The minimum Gasteiger partial charge on any atom is -0.380 e. The van der Waals surface area contributed by atoms with E-state index < -0.39 is 30.1 Å². The van der Waals surface area contributed by atoms with Crippen molar-refractivity contribution in [2.24, 2.45) is 0 Å². The van der Waals surface area contributed by atoms with Crippen molar-refractivity contribution in [3.05, 3.63) is 66.2 Å². The van der Waals surface area contributed by atoms with E-state index in [1.54, 1.807) is 30.1 Å². The molecule has 10 nitrogen and oxygen atoms in total. The van der Waals surface area contributed by atoms with Gasteiger partial charge in [0.25, 0.3) is 11.8 Å². The van der Waals surface area contributed by atoms with Gasteiger partial charge in [-0.15, -0.1) is 0 Å². The summed E-state index contributed by atoms with van der Waals surface area (Å²) in [5.74, 6) is -1.49. The summed E-state index contributed by atoms with van der Waals surface area (Å²) in [5.41, 5.74) is 2.44. The normalized spacial score (nSPS) is 18.8. The van der Waals surface area contributed by atoms with Gasteiger partial charge in [0.15, 0.2) is 12.2 Å². The van der Waals surface area contributed by atoms with E-state index in [1.807, 2.05) is 36.5 Å². The number of aromatic amines is 1. The van der Waals surface area contributed by atoms with E-state index >= 15 is 0 Å². The van der Waals surface area contributed by atoms with Gasteiger partial charge in [0.2, 0.25) is 0 Å². The van der Waals surface area contributed by atoms with Crippen LogP contribution in [0.1, 0.15) is 43.1 Å². The first-order valence-corrected chi connectivity index (χ1v) is 10.5. The van der Waals surface area contributed by atoms with E-state index in [4.69, 9.17) is 0 Å². The Hall–Kier alpha value is -3.50. The molecule has 0 saturated carbocycles. The quantitative estimate of drug-likeness (QED) is 0.432. The van der Waals surface area contributed by atoms with Gasteiger partial charge in [-0.3, -0.25) is 14.7 Å². The fraction of sp³-hybridized carbons (Fsp3) is 0.364. The van der Waals surface area contributed by atoms with Gasteiger partial charge in [-0.25, -0.2) is 4.68 Å². The molecule has 0 spiro atoms. The highest BCUT2D eigenvalue weighted by Gasteiger charge is 2.39. The van der Waals surface area contributed by atoms with Gasteiger partial charge in [0, 0.05) is 25.1 Å². The largest absolute Gasteiger partial charge is 0.380 e. The van der Waals surface area contributed by atoms with Gasteiger partial charge in [-0.1, -0.05) is 12.1 Å². The maximum Gasteiger partial charge on any atom is 0.255 e. The van der Waals surface area contributed by atoms with Gasteiger partial charge < -0.3 is 20.4 Å². The average Bonchev–Trinajstić information content (AvgIpc) is 3.58. The van der Waals surface area contributed by atoms with E-state index in [-0.39, 0.29) is 6.04 Å². The van der Waals surface area contributed by atoms with Crippen molar-refractivity contribution in [3.63, 3.8) is 0 Å². The molecule has 2 amide bonds. The molecule has 10 heteroatoms. The lowest BCUT2D eigenvalue weighted by Gasteiger charge is -2.28. The fourth-order valence-electron chi connectivity index (χ4n) is 3.97. The smallest absolute Gasteiger partial charge is 0.255 e. The highest BCUT2D eigenvalue weighted by atomic mass is 16.3. The van der Waals surface area contributed by atoms with Crippen molar-refractivity contribution in [3.8, 4) is 5.69 Å². The predicted octanol–water partition coefficient (Wildman–Crippen LogP) is 0.858. The Morgan fingerprint density at radius 2 is 1.94 bits per heavy atom. The molecular weight excluding hydrogens is 412 g/mol. The van der Waals surface area contributed by atoms with Crippen LogP contribution in [0.5, 0.6) is 0 Å². The third-order valence-corrected chi connectivity index (χ3v) is 5.76. The van der Waals surface area contributed by atoms with Crippen LogP contribution >= 0.6 is 0 Å². The Labute approximate surface area is 184 Å². The lowest BCUT2D eigenvalue weighted by molar-refractivity contribution is -0.154. The van der Waals surface area contributed by atoms with Crippen molar-refractivity contribution < 1.29 is 19.8 Å². The molecule has 4 rings (SSSR count). The predicted molar refractivity (Wildman–Crippen MR) is 114 cm³/mol. The number of rotatable bonds is 7. The standard InChI is InChI=1S/C22H26N6O4/c1-14(15-5-7-16(8-6-15)28-13-3-10-24-28)25-21(31)19(29)20(30)22(32)27-12-2-4-18(27)17-9-11-23-26-17/h3,5-11,13-14,18-20,29-30H,2,4,12H2,1H3,(H,23,26)(H,25,31)/t14-,18-,19-,20-/m1/s1. The number of carbonyl (C=O) groups excluding carboxylic acids is 2. The van der Waals surface area contributed by atoms with Crippen LogP contribution in [0.2, 0.25) is 0 Å². The molecule has 0 radical (unpaired) electrons. The Morgan fingerprint density at radius 1 is 1.16 bits per heavy atom. The Morgan fingerprint density at radius 3 is 2.59 bits per heavy atom. The second-order valence-corrected chi connectivity index (χ2v) is 7.86. The summed E-state index contributed by atoms with van der Waals surface area (Å²) in [7, 11) is 0. The average molecular weight is 438 g/mol. The lowest BCUT2D eigenvalue weighted by atomic mass is 10.1. The van der Waals surface area contributed by atoms with Gasteiger partial charge in [-0.2, -0.15) is 10.2 Å². The van der Waals surface area contributed by atoms with E-state index in [0.717, 1.165) is 23.4 Å². The van der Waals surface area contributed by atoms with Crippen LogP contribution < -0.4 is 5.32 Å². The van der Waals surface area contributed by atoms with Gasteiger partial charge in [-0.05, 0) is 49.6 Å². The number of nitrogens with one attached hydrogen (secondary N) is 2. The fourth-order valence-corrected chi connectivity index (χ4v) is 3.97. The molecule has 32 heavy (non-hydrogen) atoms. The molecule has 0 aliphatic carbocycles. The van der Waals surface area contributed by atoms with E-state index in [9.17, 15) is 19.8 Å². The molecule has 1 fully saturated rings. The molecule has 2 aromatic heterocycles. The number of nitrogens with zero attached hydrogens (tertiary/aromatic N) is 4. The molecular formula is C22H26N6O4. The molecule has 0 bridgehead atoms. The molecule has 1 saturated heterocycles. The Bertz CT molecular complexity index is 1040. The van der Waals surface area contributed by atoms with Crippen molar-refractivity contribution in [1.29, 1.82) is 0 Å². The van der Waals surface area contributed by atoms with Crippen LogP contribution in [0.3, 0.4) is 0 Å². The zero-order valence-corrected chi connectivity index (χ0v) is 17.6. The number of aliphatic hydroxyl groups excluding tert-OH is 2. The van der Waals surface area contributed by atoms with Crippen LogP contribution in [0, 0.1) is 0 Å². The van der Waals surface area contributed by atoms with Crippen molar-refractivity contribution in [2.75, 3.05) is 6.54 Å². The summed E-state index contributed by atoms with van der Waals surface area (Å²) >= 11 is 0. The van der Waals surface area contributed by atoms with E-state index in [0.29, 0.717) is 13.0 Å². The molecule has 1 aliphatic heterocycles. The maximum absolute atomic E-state index is 12.8. The number of aromatic nitrogens is 4. The first kappa shape index (κ1) is 21.7. The van der Waals surface area contributed by atoms with Crippen LogP contribution in [0.25, 0.3) is 5.69 Å². The zero-order chi connectivity index (χ0) is 22.7. The van der Waals surface area contributed by atoms with Crippen molar-refractivity contribution in [1.82, 2.24) is 30.2 Å². The third kappa shape index (κ3) is 4.41. The Kier molecular flexibility index (Phi) is 6.33. The van der Waals surface area contributed by atoms with Gasteiger partial charge in [0.1, 0.15) is 0 Å². The monoisotopic (exact) mass is 438 g/mol. The van der Waals surface area contributed by atoms with Crippen LogP contribution in [-0.4, -0.2) is 65.7 Å². The SMILES string of the molecule is C[C@@H](NC(=O)[C@H](O)[C@@H](O)C(=O)N1CCC[C@@H]1c1ccn[nH]1)c1ccc(-n2cccn2)cc1. The number of aliphatic hydroxyl groups is 2. The molecule has 4 atom stereocenters. The van der Waals surface area contributed by atoms with E-state index in [2.05, 4.69) is 20.6 Å². The van der Waals surface area contributed by atoms with Gasteiger partial charge in [0.05, 0.1) is 23.5 Å². The molecule has 3 aromatic rings. The molecule has 4 N–H and O–H groups in total. The lowest BCUT2D eigenvalue weighted by Crippen LogP contribution is -2.51. The first-order valence-electron chi connectivity index (χ1n) is 10.5. The summed E-state index contributed by atoms with van der Waals surface area (Å²) in [6, 6.07) is 10.3. The molecule has 1 aliphatic rings. The van der Waals surface area contributed by atoms with Crippen LogP contribution in [0.4, 0.5) is 0 Å². The highest BCUT2D eigenvalue weighted by molar-refractivity contribution is 5.91. The number of amides is 2. The summed E-state index contributed by atoms with van der Waals surface area (Å²) < 4.78 is 1.72. The minimum absolute atomic E-state index is 0.262. The zero-order valence-electron chi connectivity index (χ0n) is 17.6. The van der Waals surface area contributed by atoms with Crippen molar-refractivity contribution >= 4 is 11.8 Å². The third-order valence-electron chi connectivity index (χ3n) is 5.76. The van der Waals surface area contributed by atoms with Crippen molar-refractivity contribution in [2.45, 2.75) is 44.1 Å². The number of hydrogen-bond donors (Lipinski definition) is 4. The van der Waals surface area contributed by atoms with Crippen LogP contribution in [0.15, 0.2) is 55.0 Å². The summed E-state index contributed by atoms with van der Waals surface area (Å²) in [6.07, 6.45) is 2.85. The summed E-state index contributed by atoms with van der Waals surface area (Å²) in [6.45, 7) is 2.20. The summed E-state index contributed by atoms with van der Waals surface area (Å²) in [4.78, 5) is 26.8. The highest BCUT2D eigenvalue weighted by Crippen LogP contribution is 2.31. The van der Waals surface area contributed by atoms with Crippen LogP contribution in [-0.2, 0) is 9.59 Å². The number of hydrogen-bond acceptors (Lipinski definition) is 6. The molecule has 168 valence electrons. The number of carbonyl (C=O) groups is 2. The van der Waals surface area contributed by atoms with Gasteiger partial charge >= 0.3 is 0 Å². The number of H-pyrrole nitrogens is 1. The minimum atomic E-state index is -1.88. The molecule has 0 unspecified atom stereocenters. The Balaban J connectivity index is 1.36. The summed E-state index contributed by atoms with van der Waals surface area (Å²) in [5, 5.41) is 34.3. The number of likely N-dealkylation sites (tertiary alicyclic amines) is 1. The molecule has 1 aromatic carbocycles. The second-order valence-electron chi connectivity index (χ2n) is 7.86. The first-order chi connectivity index (χ1) is 15.5. The van der Waals surface area contributed by atoms with E-state index in [1.165, 1.54) is 4.90 Å².